The van der Waals surface area contributed by atoms with E-state index in [0.717, 1.165) is 17.5 Å². The third-order valence-corrected chi connectivity index (χ3v) is 6.70. The van der Waals surface area contributed by atoms with E-state index in [2.05, 4.69) is 29.5 Å². The van der Waals surface area contributed by atoms with Crippen LogP contribution >= 0.6 is 0 Å². The Kier molecular flexibility index (Phi) is 7.76. The van der Waals surface area contributed by atoms with E-state index in [-0.39, 0.29) is 18.4 Å². The van der Waals surface area contributed by atoms with Gasteiger partial charge >= 0.3 is 0 Å². The molecule has 9 heteroatoms. The maximum absolute atomic E-state index is 14.2. The molecule has 39 heavy (non-hydrogen) atoms. The zero-order chi connectivity index (χ0) is 27.4. The van der Waals surface area contributed by atoms with Crippen LogP contribution in [0.3, 0.4) is 0 Å². The van der Waals surface area contributed by atoms with Gasteiger partial charge in [-0.2, -0.15) is 0 Å². The van der Waals surface area contributed by atoms with Gasteiger partial charge in [0, 0.05) is 18.3 Å². The molecular weight excluding hydrogens is 494 g/mol. The Hall–Kier alpha value is -4.40. The average molecular weight is 528 g/mol. The lowest BCUT2D eigenvalue weighted by atomic mass is 10.0. The van der Waals surface area contributed by atoms with Crippen LogP contribution in [0, 0.1) is 12.8 Å². The number of carbonyl (C=O) groups excluding carboxylic acids is 2. The van der Waals surface area contributed by atoms with E-state index in [0.29, 0.717) is 53.9 Å². The van der Waals surface area contributed by atoms with Crippen LogP contribution in [0.25, 0.3) is 11.0 Å². The highest BCUT2D eigenvalue weighted by atomic mass is 16.6. The molecule has 1 atom stereocenters. The van der Waals surface area contributed by atoms with Crippen molar-refractivity contribution in [3.63, 3.8) is 0 Å². The molecule has 3 aromatic carbocycles. The van der Waals surface area contributed by atoms with Gasteiger partial charge in [0.1, 0.15) is 31.3 Å². The summed E-state index contributed by atoms with van der Waals surface area (Å²) in [6.07, 6.45) is 0.829. The molecule has 9 nitrogen and oxygen atoms in total. The van der Waals surface area contributed by atoms with Crippen molar-refractivity contribution in [3.8, 4) is 11.5 Å². The number of fused-ring (bicyclic) bond motifs is 2. The Morgan fingerprint density at radius 1 is 1.00 bits per heavy atom. The molecule has 2 amide bonds. The third-order valence-electron chi connectivity index (χ3n) is 6.70. The van der Waals surface area contributed by atoms with E-state index >= 15 is 0 Å². The maximum Gasteiger partial charge on any atom is 0.249 e. The summed E-state index contributed by atoms with van der Waals surface area (Å²) in [6, 6.07) is 19.6. The van der Waals surface area contributed by atoms with Gasteiger partial charge in [0.2, 0.25) is 11.8 Å². The summed E-state index contributed by atoms with van der Waals surface area (Å²) in [5.41, 5.74) is 3.72. The molecule has 5 rings (SSSR count). The second-order valence-electron chi connectivity index (χ2n) is 10.1. The number of anilines is 1. The van der Waals surface area contributed by atoms with Crippen LogP contribution in [0.15, 0.2) is 66.7 Å². The summed E-state index contributed by atoms with van der Waals surface area (Å²) < 4.78 is 13.1. The monoisotopic (exact) mass is 527 g/mol. The summed E-state index contributed by atoms with van der Waals surface area (Å²) >= 11 is 0. The molecule has 1 aliphatic heterocycles. The number of para-hydroxylation sites is 1. The van der Waals surface area contributed by atoms with Crippen molar-refractivity contribution in [1.29, 1.82) is 0 Å². The number of benzene rings is 3. The number of carbonyl (C=O) groups is 2. The first-order chi connectivity index (χ1) is 18.9. The Balaban J connectivity index is 1.57. The zero-order valence-electron chi connectivity index (χ0n) is 22.5. The van der Waals surface area contributed by atoms with Crippen molar-refractivity contribution in [2.45, 2.75) is 39.8 Å². The van der Waals surface area contributed by atoms with E-state index in [1.165, 1.54) is 4.90 Å². The SMILES string of the molecule is Cc1ccc([C@H](C(=O)NCCC(C)C)N(C(=O)Cn2nnc3ccccc32)c2ccc3c(c2)OCCO3)cc1. The fourth-order valence-corrected chi connectivity index (χ4v) is 4.60. The van der Waals surface area contributed by atoms with Gasteiger partial charge in [0.05, 0.1) is 5.52 Å². The van der Waals surface area contributed by atoms with Gasteiger partial charge < -0.3 is 14.8 Å². The number of aryl methyl sites for hydroxylation is 1. The molecule has 0 fully saturated rings. The highest BCUT2D eigenvalue weighted by molar-refractivity contribution is 6.01. The summed E-state index contributed by atoms with van der Waals surface area (Å²) in [5.74, 6) is 0.996. The Morgan fingerprint density at radius 3 is 2.51 bits per heavy atom. The summed E-state index contributed by atoms with van der Waals surface area (Å²) in [4.78, 5) is 29.5. The molecule has 0 unspecified atom stereocenters. The van der Waals surface area contributed by atoms with Crippen LogP contribution in [-0.2, 0) is 16.1 Å². The molecule has 0 aliphatic carbocycles. The number of nitrogens with one attached hydrogen (secondary N) is 1. The standard InChI is InChI=1S/C30H33N5O4/c1-20(2)14-15-31-30(37)29(22-10-8-21(3)9-11-22)35(23-12-13-26-27(18-23)39-17-16-38-26)28(36)19-34-25-7-5-4-6-24(25)32-33-34/h4-13,18,20,29H,14-17,19H2,1-3H3,(H,31,37)/t29-/m1/s1. The molecule has 0 saturated carbocycles. The van der Waals surface area contributed by atoms with Gasteiger partial charge in [-0.05, 0) is 49.1 Å². The second-order valence-corrected chi connectivity index (χ2v) is 10.1. The molecule has 1 aliphatic rings. The molecule has 202 valence electrons. The third kappa shape index (κ3) is 5.87. The number of ether oxygens (including phenoxy) is 2. The van der Waals surface area contributed by atoms with Crippen molar-refractivity contribution >= 4 is 28.5 Å². The molecular formula is C30H33N5O4. The normalized spacial score (nSPS) is 13.3. The van der Waals surface area contributed by atoms with Crippen molar-refractivity contribution < 1.29 is 19.1 Å². The van der Waals surface area contributed by atoms with Crippen molar-refractivity contribution in [2.75, 3.05) is 24.7 Å². The highest BCUT2D eigenvalue weighted by Crippen LogP contribution is 2.37. The van der Waals surface area contributed by atoms with Crippen LogP contribution in [0.4, 0.5) is 5.69 Å². The van der Waals surface area contributed by atoms with Gasteiger partial charge in [-0.1, -0.05) is 61.0 Å². The number of hydrogen-bond acceptors (Lipinski definition) is 6. The Labute approximate surface area is 227 Å². The number of nitrogens with zero attached hydrogens (tertiary/aromatic N) is 4. The Morgan fingerprint density at radius 2 is 1.74 bits per heavy atom. The first-order valence-corrected chi connectivity index (χ1v) is 13.2. The molecule has 1 N–H and O–H groups in total. The first kappa shape index (κ1) is 26.2. The van der Waals surface area contributed by atoms with Crippen molar-refractivity contribution in [2.24, 2.45) is 5.92 Å². The summed E-state index contributed by atoms with van der Waals surface area (Å²) in [6.45, 7) is 7.48. The molecule has 2 heterocycles. The fraction of sp³-hybridized carbons (Fsp3) is 0.333. The molecule has 0 saturated heterocycles. The maximum atomic E-state index is 14.2. The summed E-state index contributed by atoms with van der Waals surface area (Å²) in [7, 11) is 0. The first-order valence-electron chi connectivity index (χ1n) is 13.2. The lowest BCUT2D eigenvalue weighted by Crippen LogP contribution is -2.45. The lowest BCUT2D eigenvalue weighted by molar-refractivity contribution is -0.127. The van der Waals surface area contributed by atoms with Crippen LogP contribution in [0.1, 0.15) is 37.4 Å². The van der Waals surface area contributed by atoms with E-state index in [4.69, 9.17) is 9.47 Å². The lowest BCUT2D eigenvalue weighted by Gasteiger charge is -2.32. The number of amides is 2. The molecule has 4 aromatic rings. The number of aromatic nitrogens is 3. The van der Waals surface area contributed by atoms with E-state index in [1.807, 2.05) is 55.5 Å². The van der Waals surface area contributed by atoms with Gasteiger partial charge in [0.25, 0.3) is 0 Å². The van der Waals surface area contributed by atoms with Crippen molar-refractivity contribution in [3.05, 3.63) is 77.9 Å². The smallest absolute Gasteiger partial charge is 0.249 e. The minimum atomic E-state index is -0.914. The topological polar surface area (TPSA) is 98.6 Å². The number of hydrogen-bond donors (Lipinski definition) is 1. The highest BCUT2D eigenvalue weighted by Gasteiger charge is 2.34. The molecule has 0 radical (unpaired) electrons. The second kappa shape index (κ2) is 11.6. The van der Waals surface area contributed by atoms with Crippen LogP contribution in [0.5, 0.6) is 11.5 Å². The predicted molar refractivity (Wildman–Crippen MR) is 149 cm³/mol. The van der Waals surface area contributed by atoms with Gasteiger partial charge in [-0.15, -0.1) is 5.10 Å². The average Bonchev–Trinajstić information content (AvgIpc) is 3.34. The largest absolute Gasteiger partial charge is 0.486 e. The van der Waals surface area contributed by atoms with E-state index in [1.54, 1.807) is 22.9 Å². The summed E-state index contributed by atoms with van der Waals surface area (Å²) in [5, 5.41) is 11.5. The zero-order valence-corrected chi connectivity index (χ0v) is 22.5. The minimum absolute atomic E-state index is 0.101. The molecule has 0 spiro atoms. The number of rotatable bonds is 9. The van der Waals surface area contributed by atoms with E-state index < -0.39 is 6.04 Å². The quantitative estimate of drug-likeness (QED) is 0.345. The van der Waals surface area contributed by atoms with Gasteiger partial charge in [0.15, 0.2) is 11.5 Å². The Bertz CT molecular complexity index is 1460. The van der Waals surface area contributed by atoms with Crippen LogP contribution < -0.4 is 19.7 Å². The minimum Gasteiger partial charge on any atom is -0.486 e. The van der Waals surface area contributed by atoms with Crippen molar-refractivity contribution in [1.82, 2.24) is 20.3 Å². The van der Waals surface area contributed by atoms with Crippen LogP contribution in [-0.4, -0.2) is 46.6 Å². The van der Waals surface area contributed by atoms with Gasteiger partial charge in [-0.25, -0.2) is 4.68 Å². The van der Waals surface area contributed by atoms with Crippen LogP contribution in [0.2, 0.25) is 0 Å². The fourth-order valence-electron chi connectivity index (χ4n) is 4.60. The predicted octanol–water partition coefficient (Wildman–Crippen LogP) is 4.45. The van der Waals surface area contributed by atoms with E-state index in [9.17, 15) is 9.59 Å². The van der Waals surface area contributed by atoms with Gasteiger partial charge in [-0.3, -0.25) is 14.5 Å². The molecule has 0 bridgehead atoms. The molecule has 1 aromatic heterocycles.